The van der Waals surface area contributed by atoms with Crippen molar-refractivity contribution in [2.75, 3.05) is 20.3 Å². The molecule has 0 saturated heterocycles. The molecule has 0 spiro atoms. The van der Waals surface area contributed by atoms with E-state index in [2.05, 4.69) is 57.2 Å². The van der Waals surface area contributed by atoms with Gasteiger partial charge in [-0.05, 0) is 42.0 Å². The van der Waals surface area contributed by atoms with Crippen molar-refractivity contribution >= 4 is 5.97 Å². The molecule has 184 valence electrons. The van der Waals surface area contributed by atoms with Crippen LogP contribution in [0.15, 0.2) is 53.5 Å². The Balaban J connectivity index is 1.92. The van der Waals surface area contributed by atoms with Crippen molar-refractivity contribution < 1.29 is 19.4 Å². The molecule has 3 aromatic rings. The van der Waals surface area contributed by atoms with Crippen molar-refractivity contribution in [2.24, 2.45) is 5.41 Å². The number of hydrogen-bond acceptors (Lipinski definition) is 4. The molecule has 1 N–H and O–H groups in total. The van der Waals surface area contributed by atoms with Gasteiger partial charge < -0.3 is 19.1 Å². The molecule has 0 fully saturated rings. The van der Waals surface area contributed by atoms with E-state index in [0.717, 1.165) is 40.1 Å². The average Bonchev–Trinajstić information content (AvgIpc) is 2.80. The minimum absolute atomic E-state index is 0.0183. The largest absolute Gasteiger partial charge is 0.493 e. The first-order valence-electron chi connectivity index (χ1n) is 12.0. The van der Waals surface area contributed by atoms with Crippen LogP contribution in [0.3, 0.4) is 0 Å². The van der Waals surface area contributed by atoms with Gasteiger partial charge in [0, 0.05) is 49.6 Å². The molecule has 6 heteroatoms. The van der Waals surface area contributed by atoms with Gasteiger partial charge in [0.25, 0.3) is 0 Å². The number of aromatic carboxylic acids is 1. The maximum Gasteiger partial charge on any atom is 0.341 e. The second-order valence-electron chi connectivity index (χ2n) is 10.3. The summed E-state index contributed by atoms with van der Waals surface area (Å²) in [4.78, 5) is 24.5. The fourth-order valence-electron chi connectivity index (χ4n) is 4.71. The molecule has 2 heterocycles. The number of hydrogen-bond donors (Lipinski definition) is 1. The maximum atomic E-state index is 12.7. The van der Waals surface area contributed by atoms with Gasteiger partial charge in [0.1, 0.15) is 11.3 Å². The van der Waals surface area contributed by atoms with Crippen molar-refractivity contribution in [3.8, 4) is 28.1 Å². The number of methoxy groups -OCH3 is 1. The number of pyridine rings is 1. The van der Waals surface area contributed by atoms with Gasteiger partial charge in [0.2, 0.25) is 0 Å². The number of aromatic nitrogens is 1. The number of fused-ring (bicyclic) bond motifs is 3. The van der Waals surface area contributed by atoms with Crippen LogP contribution in [0.2, 0.25) is 0 Å². The quantitative estimate of drug-likeness (QED) is 0.441. The Morgan fingerprint density at radius 3 is 2.43 bits per heavy atom. The van der Waals surface area contributed by atoms with Crippen molar-refractivity contribution in [3.63, 3.8) is 0 Å². The fraction of sp³-hybridized carbons (Fsp3) is 0.379. The van der Waals surface area contributed by atoms with Gasteiger partial charge in [-0.1, -0.05) is 50.6 Å². The highest BCUT2D eigenvalue weighted by Gasteiger charge is 2.34. The second kappa shape index (κ2) is 9.70. The third kappa shape index (κ3) is 5.03. The lowest BCUT2D eigenvalue weighted by molar-refractivity contribution is 0.0693. The van der Waals surface area contributed by atoms with Crippen molar-refractivity contribution in [2.45, 2.75) is 46.6 Å². The molecule has 0 amide bonds. The normalized spacial score (nSPS) is 14.8. The molecule has 35 heavy (non-hydrogen) atoms. The van der Waals surface area contributed by atoms with Crippen LogP contribution in [0, 0.1) is 12.3 Å². The van der Waals surface area contributed by atoms with E-state index in [4.69, 9.17) is 9.47 Å². The van der Waals surface area contributed by atoms with Gasteiger partial charge in [0.05, 0.1) is 12.3 Å². The summed E-state index contributed by atoms with van der Waals surface area (Å²) in [5, 5.41) is 9.58. The van der Waals surface area contributed by atoms with Gasteiger partial charge in [-0.15, -0.1) is 0 Å². The lowest BCUT2D eigenvalue weighted by Crippen LogP contribution is -2.32. The van der Waals surface area contributed by atoms with E-state index in [-0.39, 0.29) is 17.0 Å². The van der Waals surface area contributed by atoms with Crippen molar-refractivity contribution in [3.05, 3.63) is 75.6 Å². The Kier molecular flexibility index (Phi) is 6.86. The predicted molar refractivity (Wildman–Crippen MR) is 137 cm³/mol. The molecule has 0 saturated carbocycles. The number of benzene rings is 2. The molecule has 0 unspecified atom stereocenters. The Morgan fingerprint density at radius 1 is 1.09 bits per heavy atom. The number of carboxylic acids is 1. The van der Waals surface area contributed by atoms with Crippen LogP contribution in [0.25, 0.3) is 22.4 Å². The summed E-state index contributed by atoms with van der Waals surface area (Å²) in [5.74, 6) is -0.404. The third-order valence-corrected chi connectivity index (χ3v) is 6.65. The Labute approximate surface area is 206 Å². The predicted octanol–water partition coefficient (Wildman–Crippen LogP) is 5.75. The summed E-state index contributed by atoms with van der Waals surface area (Å²) in [6.07, 6.45) is 3.00. The fourth-order valence-corrected chi connectivity index (χ4v) is 4.71. The van der Waals surface area contributed by atoms with Gasteiger partial charge in [-0.2, -0.15) is 0 Å². The molecule has 2 aromatic carbocycles. The Morgan fingerprint density at radius 2 is 1.80 bits per heavy atom. The highest BCUT2D eigenvalue weighted by Crippen LogP contribution is 2.46. The first kappa shape index (κ1) is 24.7. The molecule has 1 aliphatic heterocycles. The zero-order valence-electron chi connectivity index (χ0n) is 21.1. The summed E-state index contributed by atoms with van der Waals surface area (Å²) in [7, 11) is 1.68. The van der Waals surface area contributed by atoms with Gasteiger partial charge in [-0.3, -0.25) is 4.79 Å². The van der Waals surface area contributed by atoms with Crippen molar-refractivity contribution in [1.29, 1.82) is 0 Å². The Bertz CT molecular complexity index is 1300. The van der Waals surface area contributed by atoms with E-state index in [0.29, 0.717) is 19.6 Å². The van der Waals surface area contributed by atoms with Crippen LogP contribution in [-0.4, -0.2) is 36.0 Å². The third-order valence-electron chi connectivity index (χ3n) is 6.65. The second-order valence-corrected chi connectivity index (χ2v) is 10.3. The molecular weight excluding hydrogens is 442 g/mol. The van der Waals surface area contributed by atoms with E-state index in [9.17, 15) is 14.7 Å². The summed E-state index contributed by atoms with van der Waals surface area (Å²) in [6, 6.07) is 13.9. The summed E-state index contributed by atoms with van der Waals surface area (Å²) in [6.45, 7) is 9.61. The number of rotatable bonds is 7. The molecule has 0 bridgehead atoms. The summed E-state index contributed by atoms with van der Waals surface area (Å²) < 4.78 is 13.4. The SMILES string of the molecule is COCCCOc1cc2c(cc1-c1ccc(C)cc1)-c1cc(=O)c(C(=O)O)cn1[C@H](C(C)(C)C)C2. The van der Waals surface area contributed by atoms with Gasteiger partial charge in [0.15, 0.2) is 5.43 Å². The molecule has 6 nitrogen and oxygen atoms in total. The lowest BCUT2D eigenvalue weighted by atomic mass is 9.78. The topological polar surface area (TPSA) is 77.8 Å². The van der Waals surface area contributed by atoms with Crippen LogP contribution in [0.5, 0.6) is 5.75 Å². The zero-order valence-corrected chi connectivity index (χ0v) is 21.1. The number of carbonyl (C=O) groups is 1. The molecule has 1 aliphatic rings. The number of aryl methyl sites for hydroxylation is 1. The standard InChI is InChI=1S/C29H33NO5/c1-18-7-9-19(10-8-18)22-15-21-20(13-26(22)35-12-6-11-34-5)14-27(29(2,3)4)30-17-23(28(32)33)25(31)16-24(21)30/h7-10,13,15-17,27H,6,11-12,14H2,1-5H3,(H,32,33)/t27-/m0/s1. The van der Waals surface area contributed by atoms with Gasteiger partial charge in [-0.25, -0.2) is 4.79 Å². The zero-order chi connectivity index (χ0) is 25.3. The van der Waals surface area contributed by atoms with E-state index in [1.165, 1.54) is 17.8 Å². The highest BCUT2D eigenvalue weighted by molar-refractivity contribution is 5.88. The molecular formula is C29H33NO5. The van der Waals surface area contributed by atoms with Crippen LogP contribution < -0.4 is 10.2 Å². The molecule has 1 aromatic heterocycles. The van der Waals surface area contributed by atoms with E-state index < -0.39 is 11.4 Å². The van der Waals surface area contributed by atoms with Crippen LogP contribution in [0.1, 0.15) is 54.7 Å². The number of nitrogens with zero attached hydrogens (tertiary/aromatic N) is 1. The van der Waals surface area contributed by atoms with E-state index in [1.807, 2.05) is 11.5 Å². The minimum atomic E-state index is -1.20. The average molecular weight is 476 g/mol. The van der Waals surface area contributed by atoms with Crippen molar-refractivity contribution in [1.82, 2.24) is 4.57 Å². The van der Waals surface area contributed by atoms with Crippen LogP contribution in [-0.2, 0) is 11.2 Å². The summed E-state index contributed by atoms with van der Waals surface area (Å²) >= 11 is 0. The van der Waals surface area contributed by atoms with E-state index in [1.54, 1.807) is 7.11 Å². The van der Waals surface area contributed by atoms with Crippen LogP contribution >= 0.6 is 0 Å². The first-order chi connectivity index (χ1) is 16.6. The first-order valence-corrected chi connectivity index (χ1v) is 12.0. The smallest absolute Gasteiger partial charge is 0.341 e. The monoisotopic (exact) mass is 475 g/mol. The maximum absolute atomic E-state index is 12.7. The molecule has 0 aliphatic carbocycles. The minimum Gasteiger partial charge on any atom is -0.493 e. The van der Waals surface area contributed by atoms with E-state index >= 15 is 0 Å². The van der Waals surface area contributed by atoms with Crippen LogP contribution in [0.4, 0.5) is 0 Å². The molecule has 4 rings (SSSR count). The number of ether oxygens (including phenoxy) is 2. The molecule has 0 radical (unpaired) electrons. The summed E-state index contributed by atoms with van der Waals surface area (Å²) in [5.41, 5.74) is 5.03. The highest BCUT2D eigenvalue weighted by atomic mass is 16.5. The lowest BCUT2D eigenvalue weighted by Gasteiger charge is -2.39. The van der Waals surface area contributed by atoms with Gasteiger partial charge >= 0.3 is 5.97 Å². The Hall–Kier alpha value is -3.38. The number of carboxylic acid groups (broad SMARTS) is 1. The molecule has 1 atom stereocenters.